The number of allylic oxidation sites excluding steroid dienone is 3. The van der Waals surface area contributed by atoms with Crippen molar-refractivity contribution in [1.82, 2.24) is 0 Å². The van der Waals surface area contributed by atoms with Crippen LogP contribution in [0.2, 0.25) is 0 Å². The number of hydrogen-bond acceptors (Lipinski definition) is 2. The molecule has 0 aliphatic carbocycles. The van der Waals surface area contributed by atoms with E-state index < -0.39 is 0 Å². The van der Waals surface area contributed by atoms with Gasteiger partial charge in [0.25, 0.3) is 0 Å². The van der Waals surface area contributed by atoms with E-state index in [4.69, 9.17) is 4.42 Å². The van der Waals surface area contributed by atoms with Crippen LogP contribution in [-0.2, 0) is 0 Å². The Morgan fingerprint density at radius 3 is 2.73 bits per heavy atom. The Labute approximate surface area is 97.3 Å². The molecular weight excluding hydrogens is 204 g/mol. The van der Waals surface area contributed by atoms with Crippen LogP contribution in [0.5, 0.6) is 0 Å². The molecule has 0 saturated carbocycles. The lowest BCUT2D eigenvalue weighted by molar-refractivity contribution is 0.522. The fourth-order valence-corrected chi connectivity index (χ4v) is 1.39. The molecule has 1 unspecified atom stereocenters. The van der Waals surface area contributed by atoms with Crippen LogP contribution in [0.4, 0.5) is 0 Å². The van der Waals surface area contributed by atoms with Crippen LogP contribution in [0.15, 0.2) is 34.8 Å². The average molecular weight is 222 g/mol. The van der Waals surface area contributed by atoms with Gasteiger partial charge in [-0.1, -0.05) is 25.2 Å². The van der Waals surface area contributed by atoms with E-state index in [1.165, 1.54) is 0 Å². The molecule has 0 bridgehead atoms. The van der Waals surface area contributed by atoms with Crippen molar-refractivity contribution in [3.63, 3.8) is 0 Å². The summed E-state index contributed by atoms with van der Waals surface area (Å²) in [5.74, 6) is 1.87. The van der Waals surface area contributed by atoms with E-state index in [9.17, 15) is 0 Å². The zero-order valence-electron chi connectivity index (χ0n) is 9.53. The topological polar surface area (TPSA) is 13.1 Å². The highest BCUT2D eigenvalue weighted by molar-refractivity contribution is 7.81. The molecule has 0 amide bonds. The predicted octanol–water partition coefficient (Wildman–Crippen LogP) is 4.26. The van der Waals surface area contributed by atoms with Crippen LogP contribution < -0.4 is 0 Å². The van der Waals surface area contributed by atoms with E-state index in [-0.39, 0.29) is 5.25 Å². The van der Waals surface area contributed by atoms with Gasteiger partial charge in [0.2, 0.25) is 0 Å². The molecule has 0 fully saturated rings. The quantitative estimate of drug-likeness (QED) is 0.593. The first kappa shape index (κ1) is 12.2. The molecular formula is C13H18OS. The second-order valence-corrected chi connectivity index (χ2v) is 4.39. The molecule has 1 nitrogen and oxygen atoms in total. The van der Waals surface area contributed by atoms with Crippen LogP contribution in [0.25, 0.3) is 5.57 Å². The Bertz CT molecular complexity index is 358. The molecule has 1 atom stereocenters. The molecule has 0 N–H and O–H groups in total. The number of furan rings is 1. The summed E-state index contributed by atoms with van der Waals surface area (Å²) in [5, 5.41) is 0.265. The lowest BCUT2D eigenvalue weighted by atomic mass is 10.1. The standard InChI is InChI=1S/C13H18OS/c1-4-5-12(8-7-11(3)15)13-9-6-10(2)14-13/h5-9,11,15H,4H2,1-3H3/b8-7-,12-5+. The Balaban J connectivity index is 2.89. The van der Waals surface area contributed by atoms with Crippen molar-refractivity contribution in [1.29, 1.82) is 0 Å². The molecule has 0 saturated heterocycles. The van der Waals surface area contributed by atoms with E-state index in [1.807, 2.05) is 26.0 Å². The first-order chi connectivity index (χ1) is 7.13. The Kier molecular flexibility index (Phi) is 4.76. The molecule has 15 heavy (non-hydrogen) atoms. The molecule has 0 spiro atoms. The van der Waals surface area contributed by atoms with Gasteiger partial charge in [0.05, 0.1) is 0 Å². The molecule has 82 valence electrons. The molecule has 1 aromatic heterocycles. The second kappa shape index (κ2) is 5.86. The predicted molar refractivity (Wildman–Crippen MR) is 69.3 cm³/mol. The van der Waals surface area contributed by atoms with Gasteiger partial charge >= 0.3 is 0 Å². The van der Waals surface area contributed by atoms with Gasteiger partial charge in [-0.05, 0) is 32.4 Å². The van der Waals surface area contributed by atoms with Crippen molar-refractivity contribution in [3.8, 4) is 0 Å². The van der Waals surface area contributed by atoms with Gasteiger partial charge < -0.3 is 4.42 Å². The SMILES string of the molecule is CC/C=C(\C=C/C(C)S)c1ccc(C)o1. The largest absolute Gasteiger partial charge is 0.461 e. The van der Waals surface area contributed by atoms with Crippen LogP contribution in [0.3, 0.4) is 0 Å². The van der Waals surface area contributed by atoms with Gasteiger partial charge in [-0.25, -0.2) is 0 Å². The number of rotatable bonds is 4. The second-order valence-electron chi connectivity index (χ2n) is 3.58. The summed E-state index contributed by atoms with van der Waals surface area (Å²) in [5.41, 5.74) is 1.13. The van der Waals surface area contributed by atoms with Crippen molar-refractivity contribution >= 4 is 18.2 Å². The molecule has 0 aromatic carbocycles. The van der Waals surface area contributed by atoms with E-state index in [0.717, 1.165) is 23.5 Å². The van der Waals surface area contributed by atoms with Crippen molar-refractivity contribution in [2.75, 3.05) is 0 Å². The van der Waals surface area contributed by atoms with Crippen LogP contribution in [-0.4, -0.2) is 5.25 Å². The van der Waals surface area contributed by atoms with E-state index in [2.05, 4.69) is 37.8 Å². The lowest BCUT2D eigenvalue weighted by Gasteiger charge is -1.99. The maximum Gasteiger partial charge on any atom is 0.133 e. The maximum absolute atomic E-state index is 5.59. The smallest absolute Gasteiger partial charge is 0.133 e. The van der Waals surface area contributed by atoms with Gasteiger partial charge in [-0.3, -0.25) is 0 Å². The van der Waals surface area contributed by atoms with Crippen molar-refractivity contribution in [2.24, 2.45) is 0 Å². The van der Waals surface area contributed by atoms with Gasteiger partial charge in [0.1, 0.15) is 11.5 Å². The van der Waals surface area contributed by atoms with Crippen molar-refractivity contribution in [3.05, 3.63) is 41.9 Å². The maximum atomic E-state index is 5.59. The molecule has 1 rings (SSSR count). The number of aryl methyl sites for hydroxylation is 1. The lowest BCUT2D eigenvalue weighted by Crippen LogP contribution is -1.83. The summed E-state index contributed by atoms with van der Waals surface area (Å²) in [4.78, 5) is 0. The molecule has 0 radical (unpaired) electrons. The van der Waals surface area contributed by atoms with Crippen LogP contribution in [0.1, 0.15) is 31.8 Å². The highest BCUT2D eigenvalue weighted by atomic mass is 32.1. The zero-order chi connectivity index (χ0) is 11.3. The van der Waals surface area contributed by atoms with Gasteiger partial charge in [-0.2, -0.15) is 12.6 Å². The molecule has 0 aliphatic rings. The highest BCUT2D eigenvalue weighted by Crippen LogP contribution is 2.20. The summed E-state index contributed by atoms with van der Waals surface area (Å²) >= 11 is 4.31. The normalized spacial score (nSPS) is 14.8. The van der Waals surface area contributed by atoms with E-state index in [0.29, 0.717) is 0 Å². The van der Waals surface area contributed by atoms with E-state index in [1.54, 1.807) is 0 Å². The minimum absolute atomic E-state index is 0.265. The zero-order valence-corrected chi connectivity index (χ0v) is 10.4. The minimum atomic E-state index is 0.265. The average Bonchev–Trinajstić information content (AvgIpc) is 2.59. The molecule has 2 heteroatoms. The molecule has 1 aromatic rings. The highest BCUT2D eigenvalue weighted by Gasteiger charge is 2.02. The summed E-state index contributed by atoms with van der Waals surface area (Å²) < 4.78 is 5.59. The van der Waals surface area contributed by atoms with Crippen LogP contribution >= 0.6 is 12.6 Å². The minimum Gasteiger partial charge on any atom is -0.461 e. The van der Waals surface area contributed by atoms with Gasteiger partial charge in [0.15, 0.2) is 0 Å². The summed E-state index contributed by atoms with van der Waals surface area (Å²) in [6.45, 7) is 6.11. The Hall–Kier alpha value is -0.890. The van der Waals surface area contributed by atoms with Crippen molar-refractivity contribution in [2.45, 2.75) is 32.4 Å². The number of thiol groups is 1. The van der Waals surface area contributed by atoms with Gasteiger partial charge in [-0.15, -0.1) is 0 Å². The van der Waals surface area contributed by atoms with Crippen LogP contribution in [0, 0.1) is 6.92 Å². The summed E-state index contributed by atoms with van der Waals surface area (Å²) in [6.07, 6.45) is 7.28. The number of hydrogen-bond donors (Lipinski definition) is 1. The first-order valence-electron chi connectivity index (χ1n) is 5.26. The fraction of sp³-hybridized carbons (Fsp3) is 0.385. The third-order valence-corrected chi connectivity index (χ3v) is 2.18. The summed E-state index contributed by atoms with van der Waals surface area (Å²) in [7, 11) is 0. The Morgan fingerprint density at radius 1 is 1.53 bits per heavy atom. The first-order valence-corrected chi connectivity index (χ1v) is 5.78. The molecule has 0 aliphatic heterocycles. The third kappa shape index (κ3) is 4.00. The third-order valence-electron chi connectivity index (χ3n) is 2.00. The summed E-state index contributed by atoms with van der Waals surface area (Å²) in [6, 6.07) is 3.99. The van der Waals surface area contributed by atoms with E-state index >= 15 is 0 Å². The van der Waals surface area contributed by atoms with Gasteiger partial charge in [0, 0.05) is 10.8 Å². The Morgan fingerprint density at radius 2 is 2.27 bits per heavy atom. The van der Waals surface area contributed by atoms with Crippen molar-refractivity contribution < 1.29 is 4.42 Å². The molecule has 1 heterocycles. The fourth-order valence-electron chi connectivity index (χ4n) is 1.30. The monoisotopic (exact) mass is 222 g/mol.